The highest BCUT2D eigenvalue weighted by atomic mass is 32.2. The molecule has 0 aromatic carbocycles. The molecule has 1 rings (SSSR count). The summed E-state index contributed by atoms with van der Waals surface area (Å²) in [5.41, 5.74) is 0. The van der Waals surface area contributed by atoms with Crippen LogP contribution in [-0.4, -0.2) is 62.4 Å². The summed E-state index contributed by atoms with van der Waals surface area (Å²) in [4.78, 5) is 26.0. The molecule has 1 heterocycles. The van der Waals surface area contributed by atoms with Gasteiger partial charge in [-0.25, -0.2) is 4.79 Å². The molecule has 0 aliphatic carbocycles. The van der Waals surface area contributed by atoms with Gasteiger partial charge in [0, 0.05) is 32.8 Å². The molecule has 0 fully saturated rings. The lowest BCUT2D eigenvalue weighted by atomic mass is 10.0. The Balaban J connectivity index is 1.84. The zero-order chi connectivity index (χ0) is 27.5. The first-order valence-corrected chi connectivity index (χ1v) is 16.3. The first-order chi connectivity index (χ1) is 18.7. The molecule has 8 heteroatoms. The fourth-order valence-corrected chi connectivity index (χ4v) is 5.15. The molecule has 0 saturated heterocycles. The van der Waals surface area contributed by atoms with Crippen LogP contribution >= 0.6 is 11.8 Å². The van der Waals surface area contributed by atoms with Crippen LogP contribution in [-0.2, 0) is 19.0 Å². The van der Waals surface area contributed by atoms with Crippen molar-refractivity contribution in [2.75, 3.05) is 39.3 Å². The van der Waals surface area contributed by atoms with Crippen LogP contribution in [0.3, 0.4) is 0 Å². The van der Waals surface area contributed by atoms with Crippen LogP contribution in [0.1, 0.15) is 122 Å². The quantitative estimate of drug-likeness (QED) is 0.0860. The average Bonchev–Trinajstić information content (AvgIpc) is 3.44. The Hall–Kier alpha value is -1.41. The van der Waals surface area contributed by atoms with Crippen LogP contribution in [0.15, 0.2) is 11.6 Å². The van der Waals surface area contributed by atoms with E-state index in [0.717, 1.165) is 31.7 Å². The monoisotopic (exact) mass is 556 g/mol. The summed E-state index contributed by atoms with van der Waals surface area (Å²) in [6.45, 7) is 3.88. The Morgan fingerprint density at radius 2 is 1.37 bits per heavy atom. The fraction of sp³-hybridized carbons (Fsp3) is 0.867. The van der Waals surface area contributed by atoms with Gasteiger partial charge >= 0.3 is 12.1 Å². The van der Waals surface area contributed by atoms with E-state index in [0.29, 0.717) is 13.0 Å². The van der Waals surface area contributed by atoms with Gasteiger partial charge in [0.25, 0.3) is 0 Å². The number of carbonyl (C=O) groups excluding carboxylic acids is 2. The molecule has 1 atom stereocenters. The topological polar surface area (TPSA) is 77.1 Å². The van der Waals surface area contributed by atoms with Crippen molar-refractivity contribution in [3.63, 3.8) is 0 Å². The lowest BCUT2D eigenvalue weighted by molar-refractivity contribution is -0.148. The van der Waals surface area contributed by atoms with Gasteiger partial charge in [-0.1, -0.05) is 103 Å². The van der Waals surface area contributed by atoms with Gasteiger partial charge in [0.1, 0.15) is 19.3 Å². The summed E-state index contributed by atoms with van der Waals surface area (Å²) in [6, 6.07) is 0. The molecule has 1 N–H and O–H groups in total. The standard InChI is InChI=1S/C30H56N2O5S/c1-3-4-5-6-7-8-9-10-11-12-13-14-15-16-17-18-21-31-30(34)37-26-28(35-2)25-36-29(33)20-19-22-32-23-24-38-27-32/h23-24,28H,3-22,25-27H2,1-2H3,(H,31,34)/t28-/m0/s1. The zero-order valence-corrected chi connectivity index (χ0v) is 25.2. The second-order valence-electron chi connectivity index (χ2n) is 10.4. The molecule has 7 nitrogen and oxygen atoms in total. The van der Waals surface area contributed by atoms with Gasteiger partial charge in [-0.05, 0) is 18.2 Å². The third-order valence-electron chi connectivity index (χ3n) is 6.90. The number of nitrogens with zero attached hydrogens (tertiary/aromatic N) is 1. The summed E-state index contributed by atoms with van der Waals surface area (Å²) in [7, 11) is 1.52. The molecule has 38 heavy (non-hydrogen) atoms. The third-order valence-corrected chi connectivity index (χ3v) is 7.69. The van der Waals surface area contributed by atoms with E-state index < -0.39 is 12.2 Å². The van der Waals surface area contributed by atoms with E-state index in [1.165, 1.54) is 97.0 Å². The molecule has 0 aromatic heterocycles. The van der Waals surface area contributed by atoms with Crippen molar-refractivity contribution in [2.24, 2.45) is 0 Å². The van der Waals surface area contributed by atoms with E-state index >= 15 is 0 Å². The maximum absolute atomic E-state index is 11.9. The van der Waals surface area contributed by atoms with Gasteiger partial charge < -0.3 is 24.4 Å². The molecule has 1 aliphatic rings. The second-order valence-corrected chi connectivity index (χ2v) is 11.2. The van der Waals surface area contributed by atoms with E-state index in [1.807, 2.05) is 6.20 Å². The van der Waals surface area contributed by atoms with E-state index in [9.17, 15) is 9.59 Å². The highest BCUT2D eigenvalue weighted by Crippen LogP contribution is 2.16. The lowest BCUT2D eigenvalue weighted by Gasteiger charge is -2.17. The number of ether oxygens (including phenoxy) is 3. The summed E-state index contributed by atoms with van der Waals surface area (Å²) in [6.07, 6.45) is 23.5. The Morgan fingerprint density at radius 3 is 1.89 bits per heavy atom. The molecule has 0 spiro atoms. The molecule has 0 saturated carbocycles. The maximum atomic E-state index is 11.9. The highest BCUT2D eigenvalue weighted by Gasteiger charge is 2.14. The van der Waals surface area contributed by atoms with Crippen molar-refractivity contribution < 1.29 is 23.8 Å². The van der Waals surface area contributed by atoms with Gasteiger partial charge in [-0.3, -0.25) is 4.79 Å². The number of rotatable bonds is 26. The largest absolute Gasteiger partial charge is 0.463 e. The number of amides is 1. The number of nitrogens with one attached hydrogen (secondary N) is 1. The summed E-state index contributed by atoms with van der Waals surface area (Å²) in [5, 5.41) is 4.85. The van der Waals surface area contributed by atoms with Crippen LogP contribution < -0.4 is 5.32 Å². The van der Waals surface area contributed by atoms with Crippen LogP contribution in [0.2, 0.25) is 0 Å². The molecule has 0 radical (unpaired) electrons. The van der Waals surface area contributed by atoms with E-state index in [4.69, 9.17) is 14.2 Å². The molecule has 1 aliphatic heterocycles. The highest BCUT2D eigenvalue weighted by molar-refractivity contribution is 8.02. The van der Waals surface area contributed by atoms with E-state index in [1.54, 1.807) is 11.8 Å². The number of alkyl carbamates (subject to hydrolysis) is 1. The van der Waals surface area contributed by atoms with Crippen molar-refractivity contribution in [3.8, 4) is 0 Å². The summed E-state index contributed by atoms with van der Waals surface area (Å²) in [5.74, 6) is 0.690. The van der Waals surface area contributed by atoms with Gasteiger partial charge in [0.15, 0.2) is 0 Å². The fourth-order valence-electron chi connectivity index (χ4n) is 4.40. The van der Waals surface area contributed by atoms with E-state index in [-0.39, 0.29) is 19.2 Å². The van der Waals surface area contributed by atoms with E-state index in [2.05, 4.69) is 22.5 Å². The second kappa shape index (κ2) is 25.8. The Morgan fingerprint density at radius 1 is 0.816 bits per heavy atom. The first-order valence-electron chi connectivity index (χ1n) is 15.3. The van der Waals surface area contributed by atoms with Crippen LogP contribution in [0.4, 0.5) is 4.79 Å². The minimum atomic E-state index is -0.460. The van der Waals surface area contributed by atoms with Crippen LogP contribution in [0, 0.1) is 0 Å². The first kappa shape index (κ1) is 34.6. The number of unbranched alkanes of at least 4 members (excludes halogenated alkanes) is 15. The Labute approximate surface area is 237 Å². The summed E-state index contributed by atoms with van der Waals surface area (Å²) >= 11 is 1.75. The predicted molar refractivity (Wildman–Crippen MR) is 158 cm³/mol. The van der Waals surface area contributed by atoms with Crippen molar-refractivity contribution >= 4 is 23.8 Å². The maximum Gasteiger partial charge on any atom is 0.407 e. The van der Waals surface area contributed by atoms with Crippen molar-refractivity contribution in [2.45, 2.75) is 129 Å². The van der Waals surface area contributed by atoms with Gasteiger partial charge in [0.2, 0.25) is 0 Å². The number of hydrogen-bond donors (Lipinski definition) is 1. The molecule has 0 unspecified atom stereocenters. The molecular weight excluding hydrogens is 500 g/mol. The number of esters is 1. The number of hydrogen-bond acceptors (Lipinski definition) is 7. The normalized spacial score (nSPS) is 13.6. The molecule has 222 valence electrons. The Bertz CT molecular complexity index is 605. The third kappa shape index (κ3) is 21.5. The van der Waals surface area contributed by atoms with Crippen molar-refractivity contribution in [1.29, 1.82) is 0 Å². The number of carbonyl (C=O) groups is 2. The van der Waals surface area contributed by atoms with Gasteiger partial charge in [-0.2, -0.15) is 0 Å². The predicted octanol–water partition coefficient (Wildman–Crippen LogP) is 7.79. The van der Waals surface area contributed by atoms with Gasteiger partial charge in [-0.15, -0.1) is 11.8 Å². The number of methoxy groups -OCH3 is 1. The van der Waals surface area contributed by atoms with Crippen molar-refractivity contribution in [3.05, 3.63) is 11.6 Å². The lowest BCUT2D eigenvalue weighted by Crippen LogP contribution is -2.32. The molecule has 0 aromatic rings. The minimum absolute atomic E-state index is 0.0599. The average molecular weight is 557 g/mol. The molecule has 1 amide bonds. The van der Waals surface area contributed by atoms with Crippen molar-refractivity contribution in [1.82, 2.24) is 10.2 Å². The molecular formula is C30H56N2O5S. The zero-order valence-electron chi connectivity index (χ0n) is 24.4. The SMILES string of the molecule is CCCCCCCCCCCCCCCCCCNC(=O)OC[C@H](COC(=O)CCCN1C=CSC1)OC. The Kier molecular flexibility index (Phi) is 23.5. The summed E-state index contributed by atoms with van der Waals surface area (Å²) < 4.78 is 15.8. The smallest absolute Gasteiger partial charge is 0.407 e. The van der Waals surface area contributed by atoms with Gasteiger partial charge in [0.05, 0.1) is 5.88 Å². The van der Waals surface area contributed by atoms with Crippen LogP contribution in [0.5, 0.6) is 0 Å². The molecule has 0 bridgehead atoms. The van der Waals surface area contributed by atoms with Crippen LogP contribution in [0.25, 0.3) is 0 Å². The number of thioether (sulfide) groups is 1. The minimum Gasteiger partial charge on any atom is -0.463 e.